The van der Waals surface area contributed by atoms with Crippen molar-refractivity contribution in [3.63, 3.8) is 0 Å². The van der Waals surface area contributed by atoms with E-state index in [0.717, 1.165) is 32.4 Å². The number of hydrogen-bond acceptors (Lipinski definition) is 3. The second kappa shape index (κ2) is 6.93. The van der Waals surface area contributed by atoms with Gasteiger partial charge in [-0.05, 0) is 44.4 Å². The van der Waals surface area contributed by atoms with Crippen molar-refractivity contribution < 1.29 is 14.7 Å². The highest BCUT2D eigenvalue weighted by Gasteiger charge is 2.24. The number of hydrogen-bond donors (Lipinski definition) is 2. The number of nitrogens with one attached hydrogen (secondary N) is 1. The molecule has 6 heteroatoms. The van der Waals surface area contributed by atoms with Crippen LogP contribution in [0, 0.1) is 0 Å². The molecule has 21 heavy (non-hydrogen) atoms. The minimum absolute atomic E-state index is 0.0698. The predicted octanol–water partition coefficient (Wildman–Crippen LogP) is 2.29. The fourth-order valence-electron chi connectivity index (χ4n) is 2.42. The van der Waals surface area contributed by atoms with Crippen LogP contribution in [0.5, 0.6) is 5.75 Å². The molecule has 0 bridgehead atoms. The average Bonchev–Trinajstić information content (AvgIpc) is 2.47. The fraction of sp³-hybridized carbons (Fsp3) is 0.467. The summed E-state index contributed by atoms with van der Waals surface area (Å²) in [5.74, 6) is -0.628. The van der Waals surface area contributed by atoms with Gasteiger partial charge in [0.25, 0.3) is 5.91 Å². The Hall–Kier alpha value is -1.56. The zero-order chi connectivity index (χ0) is 15.4. The maximum absolute atomic E-state index is 12.2. The van der Waals surface area contributed by atoms with Crippen LogP contribution in [0.3, 0.4) is 0 Å². The topological polar surface area (TPSA) is 69.6 Å². The van der Waals surface area contributed by atoms with Crippen LogP contribution >= 0.6 is 15.9 Å². The number of rotatable bonds is 3. The van der Waals surface area contributed by atoms with E-state index in [9.17, 15) is 14.7 Å². The van der Waals surface area contributed by atoms with Crippen molar-refractivity contribution in [3.05, 3.63) is 28.2 Å². The Labute approximate surface area is 132 Å². The Balaban J connectivity index is 1.99. The molecule has 5 nitrogen and oxygen atoms in total. The first kappa shape index (κ1) is 15.8. The van der Waals surface area contributed by atoms with Gasteiger partial charge in [-0.2, -0.15) is 0 Å². The quantitative estimate of drug-likeness (QED) is 0.874. The van der Waals surface area contributed by atoms with Crippen LogP contribution in [-0.2, 0) is 4.79 Å². The molecule has 1 aromatic carbocycles. The molecule has 1 fully saturated rings. The highest BCUT2D eigenvalue weighted by atomic mass is 79.9. The Kier molecular flexibility index (Phi) is 5.22. The van der Waals surface area contributed by atoms with Gasteiger partial charge in [0.05, 0.1) is 5.56 Å². The summed E-state index contributed by atoms with van der Waals surface area (Å²) in [4.78, 5) is 26.2. The highest BCUT2D eigenvalue weighted by Crippen LogP contribution is 2.22. The molecule has 2 amide bonds. The number of phenolic OH excluding ortho intramolecular Hbond substituents is 1. The number of amides is 2. The number of carbonyl (C=O) groups excluding carboxylic acids is 2. The van der Waals surface area contributed by atoms with Gasteiger partial charge in [-0.3, -0.25) is 9.59 Å². The SMILES string of the molecule is CC(NC(=O)c1ccc(Br)cc1O)C(=O)N1CCCCC1. The normalized spacial score (nSPS) is 16.4. The summed E-state index contributed by atoms with van der Waals surface area (Å²) in [5.41, 5.74) is 0.163. The van der Waals surface area contributed by atoms with Crippen LogP contribution in [0.4, 0.5) is 0 Å². The number of aromatic hydroxyl groups is 1. The minimum atomic E-state index is -0.598. The van der Waals surface area contributed by atoms with Crippen molar-refractivity contribution in [2.24, 2.45) is 0 Å². The Morgan fingerprint density at radius 2 is 1.95 bits per heavy atom. The molecule has 0 aliphatic carbocycles. The van der Waals surface area contributed by atoms with Crippen molar-refractivity contribution >= 4 is 27.7 Å². The number of piperidine rings is 1. The van der Waals surface area contributed by atoms with E-state index in [0.29, 0.717) is 4.47 Å². The van der Waals surface area contributed by atoms with E-state index in [1.54, 1.807) is 17.9 Å². The van der Waals surface area contributed by atoms with Gasteiger partial charge in [-0.15, -0.1) is 0 Å². The molecule has 0 spiro atoms. The second-order valence-corrected chi connectivity index (χ2v) is 6.16. The van der Waals surface area contributed by atoms with Crippen LogP contribution in [0.1, 0.15) is 36.5 Å². The van der Waals surface area contributed by atoms with Gasteiger partial charge in [0, 0.05) is 17.6 Å². The Morgan fingerprint density at radius 1 is 1.29 bits per heavy atom. The number of nitrogens with zero attached hydrogens (tertiary/aromatic N) is 1. The molecule has 1 atom stereocenters. The van der Waals surface area contributed by atoms with Gasteiger partial charge in [-0.1, -0.05) is 15.9 Å². The van der Waals surface area contributed by atoms with E-state index < -0.39 is 11.9 Å². The van der Waals surface area contributed by atoms with E-state index >= 15 is 0 Å². The number of carbonyl (C=O) groups is 2. The third kappa shape index (κ3) is 3.97. The lowest BCUT2D eigenvalue weighted by atomic mass is 10.1. The molecule has 1 aromatic rings. The zero-order valence-corrected chi connectivity index (χ0v) is 13.5. The molecule has 0 saturated carbocycles. The fourth-order valence-corrected chi connectivity index (χ4v) is 2.77. The first-order valence-electron chi connectivity index (χ1n) is 7.07. The minimum Gasteiger partial charge on any atom is -0.507 e. The van der Waals surface area contributed by atoms with E-state index in [-0.39, 0.29) is 17.2 Å². The maximum atomic E-state index is 12.2. The van der Waals surface area contributed by atoms with Gasteiger partial charge in [0.15, 0.2) is 0 Å². The summed E-state index contributed by atoms with van der Waals surface area (Å²) in [7, 11) is 0. The van der Waals surface area contributed by atoms with Crippen LogP contribution in [0.15, 0.2) is 22.7 Å². The number of likely N-dealkylation sites (tertiary alicyclic amines) is 1. The zero-order valence-electron chi connectivity index (χ0n) is 11.9. The number of halogens is 1. The summed E-state index contributed by atoms with van der Waals surface area (Å²) in [6.45, 7) is 3.18. The third-order valence-electron chi connectivity index (χ3n) is 3.59. The van der Waals surface area contributed by atoms with Crippen molar-refractivity contribution in [1.29, 1.82) is 0 Å². The summed E-state index contributed by atoms with van der Waals surface area (Å²) >= 11 is 3.22. The summed E-state index contributed by atoms with van der Waals surface area (Å²) in [6.07, 6.45) is 3.18. The first-order valence-corrected chi connectivity index (χ1v) is 7.86. The standard InChI is InChI=1S/C15H19BrN2O3/c1-10(15(21)18-7-3-2-4-8-18)17-14(20)12-6-5-11(16)9-13(12)19/h5-6,9-10,19H,2-4,7-8H2,1H3,(H,17,20). The molecule has 1 aliphatic heterocycles. The van der Waals surface area contributed by atoms with Gasteiger partial charge >= 0.3 is 0 Å². The van der Waals surface area contributed by atoms with E-state index in [4.69, 9.17) is 0 Å². The third-order valence-corrected chi connectivity index (χ3v) is 4.08. The van der Waals surface area contributed by atoms with E-state index in [1.807, 2.05) is 0 Å². The Morgan fingerprint density at radius 3 is 2.57 bits per heavy atom. The summed E-state index contributed by atoms with van der Waals surface area (Å²) in [5, 5.41) is 12.4. The van der Waals surface area contributed by atoms with Crippen LogP contribution in [0.25, 0.3) is 0 Å². The molecule has 1 saturated heterocycles. The van der Waals surface area contributed by atoms with Crippen molar-refractivity contribution in [2.45, 2.75) is 32.2 Å². The molecule has 1 heterocycles. The van der Waals surface area contributed by atoms with E-state index in [2.05, 4.69) is 21.2 Å². The predicted molar refractivity (Wildman–Crippen MR) is 83.2 cm³/mol. The van der Waals surface area contributed by atoms with Crippen LogP contribution in [0.2, 0.25) is 0 Å². The first-order chi connectivity index (χ1) is 9.99. The average molecular weight is 355 g/mol. The van der Waals surface area contributed by atoms with Gasteiger partial charge in [0.1, 0.15) is 11.8 Å². The molecule has 0 radical (unpaired) electrons. The number of benzene rings is 1. The lowest BCUT2D eigenvalue weighted by molar-refractivity contribution is -0.133. The lowest BCUT2D eigenvalue weighted by Gasteiger charge is -2.29. The molecule has 114 valence electrons. The molecule has 2 rings (SSSR count). The molecule has 2 N–H and O–H groups in total. The maximum Gasteiger partial charge on any atom is 0.255 e. The largest absolute Gasteiger partial charge is 0.507 e. The van der Waals surface area contributed by atoms with Crippen LogP contribution < -0.4 is 5.32 Å². The molecule has 1 aliphatic rings. The summed E-state index contributed by atoms with van der Waals surface area (Å²) in [6, 6.07) is 4.05. The van der Waals surface area contributed by atoms with Gasteiger partial charge in [0.2, 0.25) is 5.91 Å². The monoisotopic (exact) mass is 354 g/mol. The number of phenols is 1. The summed E-state index contributed by atoms with van der Waals surface area (Å²) < 4.78 is 0.689. The Bertz CT molecular complexity index is 542. The van der Waals surface area contributed by atoms with Crippen molar-refractivity contribution in [2.75, 3.05) is 13.1 Å². The smallest absolute Gasteiger partial charge is 0.255 e. The second-order valence-electron chi connectivity index (χ2n) is 5.24. The molecular weight excluding hydrogens is 336 g/mol. The van der Waals surface area contributed by atoms with Gasteiger partial charge < -0.3 is 15.3 Å². The molecular formula is C15H19BrN2O3. The van der Waals surface area contributed by atoms with Crippen LogP contribution in [-0.4, -0.2) is 41.0 Å². The molecule has 0 aromatic heterocycles. The van der Waals surface area contributed by atoms with Crippen molar-refractivity contribution in [3.8, 4) is 5.75 Å². The lowest BCUT2D eigenvalue weighted by Crippen LogP contribution is -2.48. The van der Waals surface area contributed by atoms with Gasteiger partial charge in [-0.25, -0.2) is 0 Å². The van der Waals surface area contributed by atoms with Crippen molar-refractivity contribution in [1.82, 2.24) is 10.2 Å². The molecule has 1 unspecified atom stereocenters. The highest BCUT2D eigenvalue weighted by molar-refractivity contribution is 9.10. The van der Waals surface area contributed by atoms with E-state index in [1.165, 1.54) is 12.1 Å².